The van der Waals surface area contributed by atoms with Crippen LogP contribution in [0.2, 0.25) is 0 Å². The van der Waals surface area contributed by atoms with Gasteiger partial charge in [-0.3, -0.25) is 4.79 Å². The summed E-state index contributed by atoms with van der Waals surface area (Å²) in [7, 11) is 0. The van der Waals surface area contributed by atoms with Crippen LogP contribution >= 0.6 is 12.4 Å². The lowest BCUT2D eigenvalue weighted by molar-refractivity contribution is -0.114. The fourth-order valence-corrected chi connectivity index (χ4v) is 1.64. The highest BCUT2D eigenvalue weighted by molar-refractivity contribution is 5.92. The molecule has 0 fully saturated rings. The second-order valence-electron chi connectivity index (χ2n) is 4.20. The quantitative estimate of drug-likeness (QED) is 0.892. The number of hydrogen-bond donors (Lipinski definition) is 2. The highest BCUT2D eigenvalue weighted by atomic mass is 35.5. The van der Waals surface area contributed by atoms with Gasteiger partial charge in [0, 0.05) is 5.69 Å². The van der Waals surface area contributed by atoms with E-state index in [4.69, 9.17) is 10.5 Å². The van der Waals surface area contributed by atoms with Gasteiger partial charge in [-0.1, -0.05) is 12.1 Å². The van der Waals surface area contributed by atoms with Crippen molar-refractivity contribution in [3.05, 3.63) is 59.9 Å². The molecular weight excluding hydrogens is 295 g/mol. The van der Waals surface area contributed by atoms with Crippen LogP contribution in [0.4, 0.5) is 10.1 Å². The lowest BCUT2D eigenvalue weighted by Crippen LogP contribution is -2.21. The Hall–Kier alpha value is -2.11. The van der Waals surface area contributed by atoms with E-state index in [0.717, 1.165) is 5.56 Å². The predicted octanol–water partition coefficient (Wildman–Crippen LogP) is 2.72. The van der Waals surface area contributed by atoms with E-state index in [-0.39, 0.29) is 37.3 Å². The van der Waals surface area contributed by atoms with Crippen LogP contribution in [0.5, 0.6) is 5.75 Å². The average molecular weight is 311 g/mol. The fourth-order valence-electron chi connectivity index (χ4n) is 1.64. The van der Waals surface area contributed by atoms with Crippen molar-refractivity contribution in [3.63, 3.8) is 0 Å². The zero-order valence-corrected chi connectivity index (χ0v) is 12.0. The first-order chi connectivity index (χ1) is 9.67. The van der Waals surface area contributed by atoms with Crippen molar-refractivity contribution in [2.75, 3.05) is 11.9 Å². The van der Waals surface area contributed by atoms with E-state index in [2.05, 4.69) is 5.32 Å². The van der Waals surface area contributed by atoms with E-state index in [9.17, 15) is 9.18 Å². The second kappa shape index (κ2) is 8.24. The van der Waals surface area contributed by atoms with Crippen molar-refractivity contribution in [3.8, 4) is 5.75 Å². The molecule has 112 valence electrons. The summed E-state index contributed by atoms with van der Waals surface area (Å²) in [4.78, 5) is 11.1. The van der Waals surface area contributed by atoms with E-state index in [1.165, 1.54) is 12.1 Å². The standard InChI is InChI=1S/C15H15FN2O2.ClH/c16-12-3-1-2-11(8-12)10-20-14-6-4-13(5-7-14)18-15(19)9-17;/h1-8H,9-10,17H2,(H,18,19);1H. The van der Waals surface area contributed by atoms with Crippen molar-refractivity contribution in [1.82, 2.24) is 0 Å². The van der Waals surface area contributed by atoms with Crippen molar-refractivity contribution in [2.24, 2.45) is 5.73 Å². The maximum absolute atomic E-state index is 13.0. The molecule has 0 aliphatic rings. The van der Waals surface area contributed by atoms with Gasteiger partial charge in [0.25, 0.3) is 0 Å². The Morgan fingerprint density at radius 1 is 1.19 bits per heavy atom. The summed E-state index contributed by atoms with van der Waals surface area (Å²) in [5, 5.41) is 2.63. The molecule has 4 nitrogen and oxygen atoms in total. The molecule has 0 spiro atoms. The minimum Gasteiger partial charge on any atom is -0.489 e. The van der Waals surface area contributed by atoms with Gasteiger partial charge >= 0.3 is 0 Å². The Labute approximate surface area is 128 Å². The summed E-state index contributed by atoms with van der Waals surface area (Å²) in [5.74, 6) is 0.101. The van der Waals surface area contributed by atoms with E-state index in [1.54, 1.807) is 36.4 Å². The number of carbonyl (C=O) groups excluding carboxylic acids is 1. The number of hydrogen-bond acceptors (Lipinski definition) is 3. The molecule has 0 saturated heterocycles. The molecule has 0 heterocycles. The van der Waals surface area contributed by atoms with Crippen LogP contribution in [0.1, 0.15) is 5.56 Å². The van der Waals surface area contributed by atoms with E-state index >= 15 is 0 Å². The summed E-state index contributed by atoms with van der Waals surface area (Å²) in [6.07, 6.45) is 0. The minimum atomic E-state index is -0.286. The summed E-state index contributed by atoms with van der Waals surface area (Å²) >= 11 is 0. The van der Waals surface area contributed by atoms with Gasteiger partial charge in [0.2, 0.25) is 5.91 Å². The highest BCUT2D eigenvalue weighted by Gasteiger charge is 2.01. The van der Waals surface area contributed by atoms with Crippen molar-refractivity contribution in [1.29, 1.82) is 0 Å². The van der Waals surface area contributed by atoms with Gasteiger partial charge in [-0.2, -0.15) is 0 Å². The van der Waals surface area contributed by atoms with Crippen LogP contribution in [0, 0.1) is 5.82 Å². The Bertz CT molecular complexity index is 590. The van der Waals surface area contributed by atoms with Crippen LogP contribution in [-0.2, 0) is 11.4 Å². The Kier molecular flexibility index (Phi) is 6.65. The van der Waals surface area contributed by atoms with Gasteiger partial charge in [-0.15, -0.1) is 12.4 Å². The maximum atomic E-state index is 13.0. The molecule has 2 rings (SSSR count). The monoisotopic (exact) mass is 310 g/mol. The Morgan fingerprint density at radius 3 is 2.52 bits per heavy atom. The second-order valence-corrected chi connectivity index (χ2v) is 4.20. The zero-order valence-electron chi connectivity index (χ0n) is 11.2. The van der Waals surface area contributed by atoms with Crippen LogP contribution < -0.4 is 15.8 Å². The Morgan fingerprint density at radius 2 is 1.90 bits per heavy atom. The van der Waals surface area contributed by atoms with Crippen molar-refractivity contribution >= 4 is 24.0 Å². The number of anilines is 1. The van der Waals surface area contributed by atoms with Gasteiger partial charge in [0.1, 0.15) is 18.2 Å². The molecule has 2 aromatic carbocycles. The number of nitrogens with two attached hydrogens (primary N) is 1. The molecular formula is C15H16ClFN2O2. The first kappa shape index (κ1) is 16.9. The summed E-state index contributed by atoms with van der Waals surface area (Å²) in [6, 6.07) is 13.1. The molecule has 0 aromatic heterocycles. The van der Waals surface area contributed by atoms with E-state index < -0.39 is 0 Å². The van der Waals surface area contributed by atoms with Gasteiger partial charge in [-0.25, -0.2) is 4.39 Å². The fraction of sp³-hybridized carbons (Fsp3) is 0.133. The first-order valence-electron chi connectivity index (χ1n) is 6.14. The van der Waals surface area contributed by atoms with Crippen molar-refractivity contribution < 1.29 is 13.9 Å². The van der Waals surface area contributed by atoms with Crippen molar-refractivity contribution in [2.45, 2.75) is 6.61 Å². The Balaban J connectivity index is 0.00000220. The average Bonchev–Trinajstić information content (AvgIpc) is 2.46. The summed E-state index contributed by atoms with van der Waals surface area (Å²) in [5.41, 5.74) is 6.61. The van der Waals surface area contributed by atoms with Gasteiger partial charge in [0.15, 0.2) is 0 Å². The van der Waals surface area contributed by atoms with E-state index in [1.807, 2.05) is 0 Å². The molecule has 1 amide bonds. The van der Waals surface area contributed by atoms with Crippen LogP contribution in [-0.4, -0.2) is 12.5 Å². The van der Waals surface area contributed by atoms with Gasteiger partial charge < -0.3 is 15.8 Å². The van der Waals surface area contributed by atoms with E-state index in [0.29, 0.717) is 11.4 Å². The molecule has 0 aliphatic carbocycles. The molecule has 0 bridgehead atoms. The molecule has 2 aromatic rings. The third-order valence-corrected chi connectivity index (χ3v) is 2.62. The maximum Gasteiger partial charge on any atom is 0.238 e. The van der Waals surface area contributed by atoms with Crippen LogP contribution in [0.3, 0.4) is 0 Å². The molecule has 6 heteroatoms. The minimum absolute atomic E-state index is 0. The number of benzene rings is 2. The molecule has 0 aliphatic heterocycles. The van der Waals surface area contributed by atoms with Crippen LogP contribution in [0.15, 0.2) is 48.5 Å². The lowest BCUT2D eigenvalue weighted by atomic mass is 10.2. The molecule has 0 saturated carbocycles. The number of rotatable bonds is 5. The molecule has 0 unspecified atom stereocenters. The zero-order chi connectivity index (χ0) is 14.4. The normalized spacial score (nSPS) is 9.62. The third-order valence-electron chi connectivity index (χ3n) is 2.62. The number of halogens is 2. The number of carbonyl (C=O) groups is 1. The molecule has 0 radical (unpaired) electrons. The van der Waals surface area contributed by atoms with Crippen LogP contribution in [0.25, 0.3) is 0 Å². The third kappa shape index (κ3) is 5.41. The summed E-state index contributed by atoms with van der Waals surface area (Å²) < 4.78 is 18.5. The number of nitrogens with one attached hydrogen (secondary N) is 1. The molecule has 21 heavy (non-hydrogen) atoms. The van der Waals surface area contributed by atoms with Gasteiger partial charge in [-0.05, 0) is 42.0 Å². The molecule has 0 atom stereocenters. The largest absolute Gasteiger partial charge is 0.489 e. The number of amides is 1. The highest BCUT2D eigenvalue weighted by Crippen LogP contribution is 2.17. The topological polar surface area (TPSA) is 64.4 Å². The summed E-state index contributed by atoms with van der Waals surface area (Å²) in [6.45, 7) is 0.226. The smallest absolute Gasteiger partial charge is 0.238 e. The van der Waals surface area contributed by atoms with Gasteiger partial charge in [0.05, 0.1) is 6.54 Å². The molecule has 3 N–H and O–H groups in total. The first-order valence-corrected chi connectivity index (χ1v) is 6.14. The predicted molar refractivity (Wildman–Crippen MR) is 82.1 cm³/mol. The SMILES string of the molecule is Cl.NCC(=O)Nc1ccc(OCc2cccc(F)c2)cc1. The lowest BCUT2D eigenvalue weighted by Gasteiger charge is -2.08. The number of ether oxygens (including phenoxy) is 1.